The molecule has 7 heteroatoms. The van der Waals surface area contributed by atoms with Gasteiger partial charge in [-0.1, -0.05) is 18.2 Å². The molecule has 3 N–H and O–H groups in total. The Morgan fingerprint density at radius 2 is 2.05 bits per heavy atom. The average Bonchev–Trinajstić information content (AvgIpc) is 2.89. The third kappa shape index (κ3) is 3.39. The summed E-state index contributed by atoms with van der Waals surface area (Å²) in [7, 11) is 0. The summed E-state index contributed by atoms with van der Waals surface area (Å²) in [6, 6.07) is 9.34. The molecule has 1 aromatic carbocycles. The highest BCUT2D eigenvalue weighted by molar-refractivity contribution is 5.93. The third-order valence-electron chi connectivity index (χ3n) is 2.24. The first-order chi connectivity index (χ1) is 9.16. The van der Waals surface area contributed by atoms with Crippen LogP contribution in [0, 0.1) is 0 Å². The first-order valence-electron chi connectivity index (χ1n) is 5.47. The van der Waals surface area contributed by atoms with Gasteiger partial charge in [-0.05, 0) is 12.1 Å². The van der Waals surface area contributed by atoms with Crippen molar-refractivity contribution >= 4 is 11.8 Å². The van der Waals surface area contributed by atoms with E-state index >= 15 is 0 Å². The molecule has 1 aromatic heterocycles. The van der Waals surface area contributed by atoms with Gasteiger partial charge in [0.25, 0.3) is 5.91 Å². The maximum absolute atomic E-state index is 11.6. The molecule has 0 aliphatic carbocycles. The molecule has 2 amide bonds. The van der Waals surface area contributed by atoms with E-state index in [1.165, 1.54) is 6.20 Å². The number of hydrogen-bond donors (Lipinski definition) is 2. The van der Waals surface area contributed by atoms with Crippen LogP contribution in [0.25, 0.3) is 5.69 Å². The van der Waals surface area contributed by atoms with Crippen LogP contribution in [0.3, 0.4) is 0 Å². The fraction of sp³-hybridized carbons (Fsp3) is 0.0833. The summed E-state index contributed by atoms with van der Waals surface area (Å²) in [4.78, 5) is 26.7. The van der Waals surface area contributed by atoms with Crippen molar-refractivity contribution < 1.29 is 14.4 Å². The van der Waals surface area contributed by atoms with E-state index in [0.29, 0.717) is 5.56 Å². The van der Waals surface area contributed by atoms with Crippen LogP contribution in [0.2, 0.25) is 0 Å². The highest BCUT2D eigenvalue weighted by Crippen LogP contribution is 2.07. The number of rotatable bonds is 5. The lowest BCUT2D eigenvalue weighted by atomic mass is 10.3. The highest BCUT2D eigenvalue weighted by Gasteiger charge is 2.09. The Hall–Kier alpha value is -2.67. The van der Waals surface area contributed by atoms with Gasteiger partial charge in [-0.25, -0.2) is 10.2 Å². The van der Waals surface area contributed by atoms with Crippen LogP contribution in [0.1, 0.15) is 10.4 Å². The van der Waals surface area contributed by atoms with Gasteiger partial charge >= 0.3 is 0 Å². The lowest BCUT2D eigenvalue weighted by Crippen LogP contribution is -2.29. The van der Waals surface area contributed by atoms with Gasteiger partial charge in [0, 0.05) is 6.20 Å². The number of benzene rings is 1. The van der Waals surface area contributed by atoms with Crippen molar-refractivity contribution in [1.82, 2.24) is 15.3 Å². The normalized spacial score (nSPS) is 10.1. The topological polar surface area (TPSA) is 99.2 Å². The van der Waals surface area contributed by atoms with Gasteiger partial charge in [-0.3, -0.25) is 14.4 Å². The molecule has 0 radical (unpaired) electrons. The molecule has 0 spiro atoms. The van der Waals surface area contributed by atoms with Gasteiger partial charge in [-0.15, -0.1) is 0 Å². The minimum atomic E-state index is -0.666. The summed E-state index contributed by atoms with van der Waals surface area (Å²) < 4.78 is 1.56. The Balaban J connectivity index is 2.01. The Kier molecular flexibility index (Phi) is 3.89. The van der Waals surface area contributed by atoms with Crippen molar-refractivity contribution in [1.29, 1.82) is 0 Å². The summed E-state index contributed by atoms with van der Waals surface area (Å²) in [6.07, 6.45) is 2.95. The maximum atomic E-state index is 11.6. The van der Waals surface area contributed by atoms with Crippen LogP contribution in [0.15, 0.2) is 42.7 Å². The summed E-state index contributed by atoms with van der Waals surface area (Å²) >= 11 is 0. The van der Waals surface area contributed by atoms with E-state index in [-0.39, 0.29) is 6.61 Å². The molecule has 0 saturated heterocycles. The molecule has 0 aliphatic heterocycles. The second kappa shape index (κ2) is 5.78. The van der Waals surface area contributed by atoms with Crippen LogP contribution in [0.5, 0.6) is 0 Å². The average molecular weight is 260 g/mol. The van der Waals surface area contributed by atoms with E-state index in [9.17, 15) is 9.59 Å². The summed E-state index contributed by atoms with van der Waals surface area (Å²) in [5, 5.41) is 4.06. The van der Waals surface area contributed by atoms with Crippen molar-refractivity contribution in [2.24, 2.45) is 5.73 Å². The maximum Gasteiger partial charge on any atom is 0.278 e. The smallest absolute Gasteiger partial charge is 0.278 e. The molecule has 0 bridgehead atoms. The van der Waals surface area contributed by atoms with E-state index < -0.39 is 11.8 Å². The number of nitrogens with one attached hydrogen (secondary N) is 1. The van der Waals surface area contributed by atoms with Crippen LogP contribution < -0.4 is 11.2 Å². The Labute approximate surface area is 108 Å². The lowest BCUT2D eigenvalue weighted by Gasteiger charge is -2.01. The molecule has 19 heavy (non-hydrogen) atoms. The second-order valence-electron chi connectivity index (χ2n) is 3.70. The fourth-order valence-corrected chi connectivity index (χ4v) is 1.39. The number of primary amides is 1. The Morgan fingerprint density at radius 1 is 1.32 bits per heavy atom. The molecular weight excluding hydrogens is 248 g/mol. The monoisotopic (exact) mass is 260 g/mol. The molecule has 2 rings (SSSR count). The molecule has 0 fully saturated rings. The van der Waals surface area contributed by atoms with Crippen molar-refractivity contribution in [3.8, 4) is 5.69 Å². The Bertz CT molecular complexity index is 580. The zero-order valence-corrected chi connectivity index (χ0v) is 9.95. The standard InChI is InChI=1S/C12H12N4O3/c13-11(17)8-19-15-12(18)9-6-14-16(7-9)10-4-2-1-3-5-10/h1-7H,8H2,(H2,13,17)(H,15,18). The molecule has 7 nitrogen and oxygen atoms in total. The van der Waals surface area contributed by atoms with Gasteiger partial charge < -0.3 is 5.73 Å². The number of amides is 2. The number of carbonyl (C=O) groups excluding carboxylic acids is 2. The first kappa shape index (κ1) is 12.8. The summed E-state index contributed by atoms with van der Waals surface area (Å²) in [5.74, 6) is -1.16. The van der Waals surface area contributed by atoms with Crippen LogP contribution in [-0.4, -0.2) is 28.2 Å². The van der Waals surface area contributed by atoms with E-state index in [4.69, 9.17) is 5.73 Å². The summed E-state index contributed by atoms with van der Waals surface area (Å²) in [6.45, 7) is -0.376. The third-order valence-corrected chi connectivity index (χ3v) is 2.24. The van der Waals surface area contributed by atoms with Gasteiger partial charge in [0.15, 0.2) is 6.61 Å². The number of hydrogen-bond acceptors (Lipinski definition) is 4. The SMILES string of the molecule is NC(=O)CONC(=O)c1cnn(-c2ccccc2)c1. The summed E-state index contributed by atoms with van der Waals surface area (Å²) in [5.41, 5.74) is 8.11. The van der Waals surface area contributed by atoms with Crippen LogP contribution >= 0.6 is 0 Å². The van der Waals surface area contributed by atoms with Crippen LogP contribution in [-0.2, 0) is 9.63 Å². The zero-order valence-electron chi connectivity index (χ0n) is 9.95. The molecule has 0 unspecified atom stereocenters. The van der Waals surface area contributed by atoms with Gasteiger partial charge in [0.05, 0.1) is 17.4 Å². The minimum Gasteiger partial charge on any atom is -0.368 e. The predicted molar refractivity (Wildman–Crippen MR) is 66.2 cm³/mol. The molecule has 0 aliphatic rings. The van der Waals surface area contributed by atoms with Gasteiger partial charge in [0.1, 0.15) is 0 Å². The van der Waals surface area contributed by atoms with Crippen molar-refractivity contribution in [3.05, 3.63) is 48.3 Å². The quantitative estimate of drug-likeness (QED) is 0.740. The lowest BCUT2D eigenvalue weighted by molar-refractivity contribution is -0.124. The van der Waals surface area contributed by atoms with E-state index in [1.807, 2.05) is 30.3 Å². The van der Waals surface area contributed by atoms with Crippen molar-refractivity contribution in [2.45, 2.75) is 0 Å². The molecule has 0 saturated carbocycles. The van der Waals surface area contributed by atoms with Crippen LogP contribution in [0.4, 0.5) is 0 Å². The molecule has 2 aromatic rings. The van der Waals surface area contributed by atoms with E-state index in [2.05, 4.69) is 15.4 Å². The number of hydroxylamine groups is 1. The van der Waals surface area contributed by atoms with Gasteiger partial charge in [-0.2, -0.15) is 5.10 Å². The predicted octanol–water partition coefficient (Wildman–Crippen LogP) is 0.0190. The van der Waals surface area contributed by atoms with Crippen molar-refractivity contribution in [2.75, 3.05) is 6.61 Å². The highest BCUT2D eigenvalue weighted by atomic mass is 16.7. The minimum absolute atomic E-state index is 0.313. The molecule has 1 heterocycles. The number of nitrogens with two attached hydrogens (primary N) is 1. The van der Waals surface area contributed by atoms with Crippen molar-refractivity contribution in [3.63, 3.8) is 0 Å². The molecule has 0 atom stereocenters. The van der Waals surface area contributed by atoms with E-state index in [0.717, 1.165) is 5.69 Å². The number of nitrogens with zero attached hydrogens (tertiary/aromatic N) is 2. The number of aromatic nitrogens is 2. The number of para-hydroxylation sites is 1. The number of carbonyl (C=O) groups is 2. The second-order valence-corrected chi connectivity index (χ2v) is 3.70. The van der Waals surface area contributed by atoms with E-state index in [1.54, 1.807) is 10.9 Å². The molecular formula is C12H12N4O3. The zero-order chi connectivity index (χ0) is 13.7. The largest absolute Gasteiger partial charge is 0.368 e. The van der Waals surface area contributed by atoms with Gasteiger partial charge in [0.2, 0.25) is 5.91 Å². The molecule has 98 valence electrons. The first-order valence-corrected chi connectivity index (χ1v) is 5.47. The fourth-order valence-electron chi connectivity index (χ4n) is 1.39. The Morgan fingerprint density at radius 3 is 2.74 bits per heavy atom.